The Morgan fingerprint density at radius 1 is 0.640 bits per heavy atom. The van der Waals surface area contributed by atoms with Crippen LogP contribution in [0.2, 0.25) is 0 Å². The van der Waals surface area contributed by atoms with Gasteiger partial charge in [-0.05, 0) is 0 Å². The summed E-state index contributed by atoms with van der Waals surface area (Å²) in [6.07, 6.45) is -4.62. The molecule has 0 saturated carbocycles. The largest absolute Gasteiger partial charge is 0.481 e. The molecule has 0 spiro atoms. The first-order valence-electron chi connectivity index (χ1n) is 6.05. The van der Waals surface area contributed by atoms with E-state index in [4.69, 9.17) is 30.6 Å². The maximum atomic E-state index is 10.6. The smallest absolute Gasteiger partial charge is 0.333 e. The molecule has 0 aromatic rings. The van der Waals surface area contributed by atoms with E-state index in [0.717, 1.165) is 0 Å². The molecule has 13 heteroatoms. The molecule has 0 aromatic carbocycles. The first-order valence-corrected chi connectivity index (χ1v) is 6.05. The normalized spacial score (nSPS) is 12.3. The summed E-state index contributed by atoms with van der Waals surface area (Å²) in [5.74, 6) is -8.87. The van der Waals surface area contributed by atoms with Crippen LogP contribution in [0, 0.1) is 0 Å². The molecule has 0 heterocycles. The maximum absolute atomic E-state index is 10.6. The zero-order chi connectivity index (χ0) is 20.2. The lowest BCUT2D eigenvalue weighted by molar-refractivity contribution is -0.172. The molecule has 0 fully saturated rings. The van der Waals surface area contributed by atoms with Gasteiger partial charge in [-0.2, -0.15) is 0 Å². The van der Waals surface area contributed by atoms with Gasteiger partial charge >= 0.3 is 35.8 Å². The molecule has 6 N–H and O–H groups in total. The number of hydrogen-bond donors (Lipinski definition) is 6. The van der Waals surface area contributed by atoms with E-state index in [9.17, 15) is 28.8 Å². The van der Waals surface area contributed by atoms with E-state index in [0.29, 0.717) is 12.2 Å². The molecule has 0 rings (SSSR count). The summed E-state index contributed by atoms with van der Waals surface area (Å²) >= 11 is 0. The van der Waals surface area contributed by atoms with Gasteiger partial charge in [0.2, 0.25) is 0 Å². The Hall–Kier alpha value is -3.48. The van der Waals surface area contributed by atoms with Crippen molar-refractivity contribution in [2.45, 2.75) is 25.0 Å². The SMILES string of the molecule is O=C(O)/C=C\C(=O)O.O=C(O)CC(OC(CC(=O)O)C(=O)O)C(=O)O. The summed E-state index contributed by atoms with van der Waals surface area (Å²) in [5.41, 5.74) is 0. The zero-order valence-electron chi connectivity index (χ0n) is 12.3. The topological polar surface area (TPSA) is 233 Å². The molecule has 0 aromatic heterocycles. The van der Waals surface area contributed by atoms with Gasteiger partial charge in [0, 0.05) is 12.2 Å². The van der Waals surface area contributed by atoms with E-state index in [2.05, 4.69) is 4.74 Å². The number of ether oxygens (including phenoxy) is 1. The van der Waals surface area contributed by atoms with Crippen LogP contribution in [0.25, 0.3) is 0 Å². The lowest BCUT2D eigenvalue weighted by Crippen LogP contribution is -2.36. The minimum absolute atomic E-state index is 0.558. The Morgan fingerprint density at radius 2 is 0.920 bits per heavy atom. The highest BCUT2D eigenvalue weighted by atomic mass is 16.5. The molecule has 13 nitrogen and oxygen atoms in total. The predicted molar refractivity (Wildman–Crippen MR) is 72.8 cm³/mol. The van der Waals surface area contributed by atoms with Crippen LogP contribution in [0.15, 0.2) is 12.2 Å². The summed E-state index contributed by atoms with van der Waals surface area (Å²) in [6.45, 7) is 0. The Labute approximate surface area is 138 Å². The fourth-order valence-electron chi connectivity index (χ4n) is 1.05. The van der Waals surface area contributed by atoms with Crippen molar-refractivity contribution in [3.63, 3.8) is 0 Å². The second-order valence-electron chi connectivity index (χ2n) is 4.00. The molecule has 2 unspecified atom stereocenters. The van der Waals surface area contributed by atoms with Gasteiger partial charge in [-0.25, -0.2) is 19.2 Å². The average Bonchev–Trinajstić information content (AvgIpc) is 2.43. The summed E-state index contributed by atoms with van der Waals surface area (Å²) < 4.78 is 4.43. The Kier molecular flexibility index (Phi) is 11.4. The number of carboxylic acids is 6. The molecule has 0 radical (unpaired) electrons. The number of carboxylic acid groups (broad SMARTS) is 6. The first kappa shape index (κ1) is 23.8. The lowest BCUT2D eigenvalue weighted by atomic mass is 10.2. The highest BCUT2D eigenvalue weighted by Gasteiger charge is 2.30. The molecule has 0 aliphatic rings. The van der Waals surface area contributed by atoms with E-state index >= 15 is 0 Å². The van der Waals surface area contributed by atoms with Crippen LogP contribution in [0.5, 0.6) is 0 Å². The molecule has 0 amide bonds. The van der Waals surface area contributed by atoms with Gasteiger partial charge in [-0.15, -0.1) is 0 Å². The molecule has 140 valence electrons. The van der Waals surface area contributed by atoms with Crippen LogP contribution in [0.3, 0.4) is 0 Å². The standard InChI is InChI=1S/C8H10O9.C4H4O4/c9-5(10)1-3(7(13)14)17-4(8(15)16)2-6(11)12;5-3(6)1-2-4(7)8/h3-4H,1-2H2,(H,9,10)(H,11,12)(H,13,14)(H,15,16);1-2H,(H,5,6)(H,7,8)/b;2-1-. The fourth-order valence-corrected chi connectivity index (χ4v) is 1.05. The quantitative estimate of drug-likeness (QED) is 0.244. The number of carbonyl (C=O) groups is 6. The summed E-state index contributed by atoms with van der Waals surface area (Å²) in [6, 6.07) is 0. The Morgan fingerprint density at radius 3 is 1.08 bits per heavy atom. The first-order chi connectivity index (χ1) is 11.4. The lowest BCUT2D eigenvalue weighted by Gasteiger charge is -2.16. The third-order valence-electron chi connectivity index (χ3n) is 1.97. The van der Waals surface area contributed by atoms with Gasteiger partial charge in [0.1, 0.15) is 0 Å². The van der Waals surface area contributed by atoms with Crippen molar-refractivity contribution in [2.75, 3.05) is 0 Å². The zero-order valence-corrected chi connectivity index (χ0v) is 12.3. The second kappa shape index (κ2) is 12.0. The third-order valence-corrected chi connectivity index (χ3v) is 1.97. The van der Waals surface area contributed by atoms with Crippen molar-refractivity contribution in [3.05, 3.63) is 12.2 Å². The van der Waals surface area contributed by atoms with E-state index in [1.54, 1.807) is 0 Å². The van der Waals surface area contributed by atoms with E-state index in [1.165, 1.54) is 0 Å². The second-order valence-corrected chi connectivity index (χ2v) is 4.00. The molecule has 25 heavy (non-hydrogen) atoms. The summed E-state index contributed by atoms with van der Waals surface area (Å²) in [4.78, 5) is 60.8. The van der Waals surface area contributed by atoms with Crippen LogP contribution in [-0.4, -0.2) is 78.7 Å². The van der Waals surface area contributed by atoms with Crippen molar-refractivity contribution in [3.8, 4) is 0 Å². The molecule has 0 saturated heterocycles. The summed E-state index contributed by atoms with van der Waals surface area (Å²) in [7, 11) is 0. The molecule has 2 atom stereocenters. The van der Waals surface area contributed by atoms with Crippen molar-refractivity contribution in [1.29, 1.82) is 0 Å². The number of rotatable bonds is 10. The van der Waals surface area contributed by atoms with E-state index < -0.39 is 60.9 Å². The number of aliphatic carboxylic acids is 6. The monoisotopic (exact) mass is 366 g/mol. The van der Waals surface area contributed by atoms with E-state index in [1.807, 2.05) is 0 Å². The van der Waals surface area contributed by atoms with Gasteiger partial charge in [0.25, 0.3) is 0 Å². The molecular formula is C12H14O13. The van der Waals surface area contributed by atoms with Crippen LogP contribution < -0.4 is 0 Å². The maximum Gasteiger partial charge on any atom is 0.333 e. The van der Waals surface area contributed by atoms with Crippen LogP contribution in [0.4, 0.5) is 0 Å². The fraction of sp³-hybridized carbons (Fsp3) is 0.333. The number of hydrogen-bond acceptors (Lipinski definition) is 7. The Balaban J connectivity index is 0. The van der Waals surface area contributed by atoms with Crippen molar-refractivity contribution in [2.24, 2.45) is 0 Å². The van der Waals surface area contributed by atoms with Gasteiger partial charge in [0.15, 0.2) is 12.2 Å². The van der Waals surface area contributed by atoms with Gasteiger partial charge in [-0.3, -0.25) is 9.59 Å². The Bertz CT molecular complexity index is 513. The van der Waals surface area contributed by atoms with Gasteiger partial charge in [-0.1, -0.05) is 0 Å². The van der Waals surface area contributed by atoms with Crippen molar-refractivity contribution in [1.82, 2.24) is 0 Å². The molecular weight excluding hydrogens is 352 g/mol. The molecule has 0 aliphatic carbocycles. The third kappa shape index (κ3) is 15.2. The van der Waals surface area contributed by atoms with Crippen LogP contribution >= 0.6 is 0 Å². The summed E-state index contributed by atoms with van der Waals surface area (Å²) in [5, 5.41) is 49.5. The van der Waals surface area contributed by atoms with Crippen molar-refractivity contribution < 1.29 is 64.1 Å². The minimum atomic E-state index is -1.91. The van der Waals surface area contributed by atoms with Gasteiger partial charge < -0.3 is 35.4 Å². The molecule has 0 bridgehead atoms. The van der Waals surface area contributed by atoms with E-state index in [-0.39, 0.29) is 0 Å². The van der Waals surface area contributed by atoms with Crippen LogP contribution in [-0.2, 0) is 33.5 Å². The van der Waals surface area contributed by atoms with Crippen LogP contribution in [0.1, 0.15) is 12.8 Å². The highest BCUT2D eigenvalue weighted by molar-refractivity contribution is 5.89. The van der Waals surface area contributed by atoms with Gasteiger partial charge in [0.05, 0.1) is 12.8 Å². The highest BCUT2D eigenvalue weighted by Crippen LogP contribution is 2.08. The average molecular weight is 366 g/mol. The van der Waals surface area contributed by atoms with Crippen molar-refractivity contribution >= 4 is 35.8 Å². The minimum Gasteiger partial charge on any atom is -0.481 e. The predicted octanol–water partition coefficient (Wildman–Crippen LogP) is -1.43. The molecule has 0 aliphatic heterocycles.